The molecule has 0 atom stereocenters. The van der Waals surface area contributed by atoms with Crippen LogP contribution in [0, 0.1) is 29.1 Å². The fraction of sp³-hybridized carbons (Fsp3) is 0.211. The number of benzene rings is 2. The lowest BCUT2D eigenvalue weighted by molar-refractivity contribution is 0.346. The topological polar surface area (TPSA) is 50.3 Å². The highest BCUT2D eigenvalue weighted by molar-refractivity contribution is 7.89. The maximum Gasteiger partial charge on any atom is 0.249 e. The Bertz CT molecular complexity index is 1190. The van der Waals surface area contributed by atoms with Gasteiger partial charge in [-0.2, -0.15) is 4.31 Å². The summed E-state index contributed by atoms with van der Waals surface area (Å²) in [6.07, 6.45) is 2.38. The lowest BCUT2D eigenvalue weighted by Gasteiger charge is -2.23. The van der Waals surface area contributed by atoms with Crippen LogP contribution >= 0.6 is 0 Å². The van der Waals surface area contributed by atoms with Crippen LogP contribution in [0.15, 0.2) is 41.4 Å². The monoisotopic (exact) mass is 428 g/mol. The first kappa shape index (κ1) is 19.7. The summed E-state index contributed by atoms with van der Waals surface area (Å²) in [6.45, 7) is -0.296. The summed E-state index contributed by atoms with van der Waals surface area (Å²) in [5, 5.41) is 0.619. The summed E-state index contributed by atoms with van der Waals surface area (Å²) >= 11 is 0. The van der Waals surface area contributed by atoms with Gasteiger partial charge in [0.05, 0.1) is 5.52 Å². The minimum Gasteiger partial charge on any atom is -0.256 e. The van der Waals surface area contributed by atoms with Gasteiger partial charge < -0.3 is 0 Å². The van der Waals surface area contributed by atoms with Gasteiger partial charge in [0.25, 0.3) is 0 Å². The summed E-state index contributed by atoms with van der Waals surface area (Å²) < 4.78 is 95.7. The molecule has 0 spiro atoms. The molecule has 1 aliphatic carbocycles. The molecule has 3 aromatic rings. The second-order valence-electron chi connectivity index (χ2n) is 6.67. The van der Waals surface area contributed by atoms with Crippen LogP contribution in [0.25, 0.3) is 10.9 Å². The van der Waals surface area contributed by atoms with Gasteiger partial charge in [-0.1, -0.05) is 18.2 Å². The summed E-state index contributed by atoms with van der Waals surface area (Å²) in [4.78, 5) is 2.33. The summed E-state index contributed by atoms with van der Waals surface area (Å²) in [6, 6.07) is 7.72. The second kappa shape index (κ2) is 7.03. The number of sulfonamides is 1. The van der Waals surface area contributed by atoms with Gasteiger partial charge in [-0.05, 0) is 30.5 Å². The fourth-order valence-corrected chi connectivity index (χ4v) is 4.95. The van der Waals surface area contributed by atoms with Gasteiger partial charge in [0.1, 0.15) is 0 Å². The number of aromatic nitrogens is 1. The third kappa shape index (κ3) is 3.25. The van der Waals surface area contributed by atoms with E-state index in [2.05, 4.69) is 4.98 Å². The molecular weight excluding hydrogens is 415 g/mol. The zero-order valence-electron chi connectivity index (χ0n) is 14.7. The van der Waals surface area contributed by atoms with Crippen molar-refractivity contribution >= 4 is 20.9 Å². The van der Waals surface area contributed by atoms with E-state index in [1.54, 1.807) is 36.5 Å². The second-order valence-corrected chi connectivity index (χ2v) is 8.50. The highest BCUT2D eigenvalue weighted by Gasteiger charge is 2.43. The molecule has 1 aliphatic rings. The van der Waals surface area contributed by atoms with Gasteiger partial charge in [-0.3, -0.25) is 4.98 Å². The largest absolute Gasteiger partial charge is 0.256 e. The molecule has 0 radical (unpaired) electrons. The normalized spacial score (nSPS) is 14.7. The quantitative estimate of drug-likeness (QED) is 0.346. The van der Waals surface area contributed by atoms with Gasteiger partial charge in [-0.25, -0.2) is 30.4 Å². The van der Waals surface area contributed by atoms with Gasteiger partial charge in [0.2, 0.25) is 15.8 Å². The highest BCUT2D eigenvalue weighted by Crippen LogP contribution is 2.37. The van der Waals surface area contributed by atoms with E-state index in [1.807, 2.05) is 0 Å². The van der Waals surface area contributed by atoms with Crippen molar-refractivity contribution < 1.29 is 30.4 Å². The van der Waals surface area contributed by atoms with Gasteiger partial charge in [0.15, 0.2) is 28.2 Å². The Morgan fingerprint density at radius 3 is 2.14 bits per heavy atom. The number of nitrogens with zero attached hydrogens (tertiary/aromatic N) is 2. The van der Waals surface area contributed by atoms with Crippen LogP contribution in [0.4, 0.5) is 22.0 Å². The van der Waals surface area contributed by atoms with Crippen LogP contribution < -0.4 is 0 Å². The number of fused-ring (bicyclic) bond motifs is 1. The van der Waals surface area contributed by atoms with Crippen molar-refractivity contribution in [2.75, 3.05) is 0 Å². The Balaban J connectivity index is 1.85. The van der Waals surface area contributed by atoms with Crippen molar-refractivity contribution in [1.29, 1.82) is 0 Å². The summed E-state index contributed by atoms with van der Waals surface area (Å²) in [5.41, 5.74) is 1.07. The first-order chi connectivity index (χ1) is 13.7. The van der Waals surface area contributed by atoms with Crippen LogP contribution in [0.1, 0.15) is 18.4 Å². The Morgan fingerprint density at radius 2 is 1.52 bits per heavy atom. The molecule has 29 heavy (non-hydrogen) atoms. The molecule has 1 saturated carbocycles. The molecule has 4 rings (SSSR count). The standard InChI is InChI=1S/C19H13F5N2O2S/c20-14-15(21)17(23)19(18(24)16(14)22)29(27,28)26(11-6-7-11)9-10-3-1-5-13-12(10)4-2-8-25-13/h1-5,8,11H,6-7,9H2. The molecule has 0 bridgehead atoms. The molecular formula is C19H13F5N2O2S. The Morgan fingerprint density at radius 1 is 0.897 bits per heavy atom. The van der Waals surface area contributed by atoms with Crippen molar-refractivity contribution in [2.45, 2.75) is 30.3 Å². The average molecular weight is 428 g/mol. The molecule has 0 saturated heterocycles. The molecule has 0 unspecified atom stereocenters. The van der Waals surface area contributed by atoms with E-state index in [1.165, 1.54) is 0 Å². The van der Waals surface area contributed by atoms with Crippen LogP contribution in [-0.4, -0.2) is 23.7 Å². The van der Waals surface area contributed by atoms with E-state index in [0.717, 1.165) is 4.31 Å². The van der Waals surface area contributed by atoms with E-state index in [0.29, 0.717) is 29.3 Å². The first-order valence-corrected chi connectivity index (χ1v) is 10.0. The molecule has 0 aliphatic heterocycles. The van der Waals surface area contributed by atoms with Crippen LogP contribution in [0.5, 0.6) is 0 Å². The molecule has 10 heteroatoms. The molecule has 152 valence electrons. The van der Waals surface area contributed by atoms with Crippen LogP contribution in [-0.2, 0) is 16.6 Å². The van der Waals surface area contributed by atoms with E-state index >= 15 is 0 Å². The Kier molecular flexibility index (Phi) is 4.78. The van der Waals surface area contributed by atoms with Crippen molar-refractivity contribution in [3.8, 4) is 0 Å². The van der Waals surface area contributed by atoms with E-state index in [-0.39, 0.29) is 6.54 Å². The highest BCUT2D eigenvalue weighted by atomic mass is 32.2. The summed E-state index contributed by atoms with van der Waals surface area (Å²) in [5.74, 6) is -11.7. The van der Waals surface area contributed by atoms with Crippen LogP contribution in [0.3, 0.4) is 0 Å². The third-order valence-electron chi connectivity index (χ3n) is 4.75. The third-order valence-corrected chi connectivity index (χ3v) is 6.67. The molecule has 1 fully saturated rings. The molecule has 2 aromatic carbocycles. The number of hydrogen-bond donors (Lipinski definition) is 0. The number of pyridine rings is 1. The van der Waals surface area contributed by atoms with Gasteiger partial charge in [-0.15, -0.1) is 0 Å². The first-order valence-electron chi connectivity index (χ1n) is 8.59. The zero-order valence-corrected chi connectivity index (χ0v) is 15.5. The lowest BCUT2D eigenvalue weighted by Crippen LogP contribution is -2.34. The van der Waals surface area contributed by atoms with Crippen molar-refractivity contribution in [1.82, 2.24) is 9.29 Å². The van der Waals surface area contributed by atoms with Crippen molar-refractivity contribution in [3.63, 3.8) is 0 Å². The zero-order chi connectivity index (χ0) is 20.9. The maximum absolute atomic E-state index is 14.2. The summed E-state index contributed by atoms with van der Waals surface area (Å²) in [7, 11) is -5.01. The SMILES string of the molecule is O=S(=O)(c1c(F)c(F)c(F)c(F)c1F)N(Cc1cccc2ncccc12)C1CC1. The van der Waals surface area contributed by atoms with Crippen molar-refractivity contribution in [2.24, 2.45) is 0 Å². The van der Waals surface area contributed by atoms with E-state index in [9.17, 15) is 30.4 Å². The van der Waals surface area contributed by atoms with E-state index < -0.39 is 50.0 Å². The van der Waals surface area contributed by atoms with Gasteiger partial charge in [0, 0.05) is 24.2 Å². The fourth-order valence-electron chi connectivity index (χ4n) is 3.17. The molecule has 0 amide bonds. The van der Waals surface area contributed by atoms with E-state index in [4.69, 9.17) is 0 Å². The maximum atomic E-state index is 14.2. The molecule has 1 aromatic heterocycles. The number of hydrogen-bond acceptors (Lipinski definition) is 3. The molecule has 0 N–H and O–H groups in total. The predicted octanol–water partition coefficient (Wildman–Crippen LogP) is 4.28. The molecule has 4 nitrogen and oxygen atoms in total. The Hall–Kier alpha value is -2.59. The number of halogens is 5. The smallest absolute Gasteiger partial charge is 0.249 e. The predicted molar refractivity (Wildman–Crippen MR) is 93.7 cm³/mol. The van der Waals surface area contributed by atoms with Crippen molar-refractivity contribution in [3.05, 3.63) is 71.2 Å². The van der Waals surface area contributed by atoms with Crippen LogP contribution in [0.2, 0.25) is 0 Å². The number of rotatable bonds is 5. The lowest BCUT2D eigenvalue weighted by atomic mass is 10.1. The minimum absolute atomic E-state index is 0.296. The molecule has 1 heterocycles. The minimum atomic E-state index is -5.01. The Labute approximate surface area is 162 Å². The average Bonchev–Trinajstić information content (AvgIpc) is 3.54. The van der Waals surface area contributed by atoms with Gasteiger partial charge >= 0.3 is 0 Å².